The number of benzene rings is 2. The molecule has 3 nitrogen and oxygen atoms in total. The molecule has 0 bridgehead atoms. The first-order valence-electron chi connectivity index (χ1n) is 9.73. The number of carboxylic acids is 1. The van der Waals surface area contributed by atoms with Crippen LogP contribution in [0, 0.1) is 0 Å². The van der Waals surface area contributed by atoms with E-state index in [4.69, 9.17) is 11.6 Å². The molecule has 1 atom stereocenters. The lowest BCUT2D eigenvalue weighted by Gasteiger charge is -2.22. The number of thioether (sulfide) groups is 1. The molecule has 0 heterocycles. The Hall–Kier alpha value is -1.78. The predicted molar refractivity (Wildman–Crippen MR) is 113 cm³/mol. The van der Waals surface area contributed by atoms with Crippen molar-refractivity contribution in [3.8, 4) is 0 Å². The Kier molecular flexibility index (Phi) is 7.57. The zero-order valence-electron chi connectivity index (χ0n) is 15.7. The van der Waals surface area contributed by atoms with Crippen LogP contribution in [0.25, 0.3) is 0 Å². The average molecular weight is 416 g/mol. The van der Waals surface area contributed by atoms with Gasteiger partial charge in [0.15, 0.2) is 5.78 Å². The van der Waals surface area contributed by atoms with Crippen molar-refractivity contribution in [2.75, 3.05) is 0 Å². The monoisotopic (exact) mass is 415 g/mol. The van der Waals surface area contributed by atoms with Crippen molar-refractivity contribution in [3.63, 3.8) is 0 Å². The normalized spacial score (nSPS) is 15.9. The highest BCUT2D eigenvalue weighted by Crippen LogP contribution is 2.32. The maximum atomic E-state index is 12.6. The van der Waals surface area contributed by atoms with E-state index in [1.54, 1.807) is 12.1 Å². The van der Waals surface area contributed by atoms with Crippen LogP contribution >= 0.6 is 23.4 Å². The van der Waals surface area contributed by atoms with E-state index < -0.39 is 11.2 Å². The second-order valence-electron chi connectivity index (χ2n) is 7.33. The van der Waals surface area contributed by atoms with E-state index in [2.05, 4.69) is 0 Å². The Bertz CT molecular complexity index is 796. The molecule has 3 rings (SSSR count). The second kappa shape index (κ2) is 10.1. The smallest absolute Gasteiger partial charge is 0.164 e. The fourth-order valence-electron chi connectivity index (χ4n) is 3.65. The molecule has 0 amide bonds. The maximum Gasteiger partial charge on any atom is 0.164 e. The highest BCUT2D eigenvalue weighted by atomic mass is 35.5. The summed E-state index contributed by atoms with van der Waals surface area (Å²) in [5.41, 5.74) is 2.81. The summed E-state index contributed by atoms with van der Waals surface area (Å²) in [7, 11) is 0. The SMILES string of the molecule is O=C(C[C@H](SCc1ccc(Cl)cc1)C(=O)[O-])c1ccc(C2CCCCC2)cc1. The van der Waals surface area contributed by atoms with Gasteiger partial charge in [0.2, 0.25) is 0 Å². The Morgan fingerprint density at radius 1 is 1.00 bits per heavy atom. The van der Waals surface area contributed by atoms with E-state index in [-0.39, 0.29) is 12.2 Å². The van der Waals surface area contributed by atoms with E-state index in [0.29, 0.717) is 22.3 Å². The average Bonchev–Trinajstić information content (AvgIpc) is 2.72. The molecule has 1 saturated carbocycles. The van der Waals surface area contributed by atoms with Crippen LogP contribution in [0.3, 0.4) is 0 Å². The number of hydrogen-bond donors (Lipinski definition) is 0. The minimum absolute atomic E-state index is 0.0661. The zero-order chi connectivity index (χ0) is 19.9. The summed E-state index contributed by atoms with van der Waals surface area (Å²) in [5, 5.41) is 11.3. The molecule has 1 aliphatic rings. The van der Waals surface area contributed by atoms with E-state index in [1.165, 1.54) is 49.4 Å². The van der Waals surface area contributed by atoms with Crippen LogP contribution in [0.2, 0.25) is 5.02 Å². The van der Waals surface area contributed by atoms with Crippen molar-refractivity contribution in [2.24, 2.45) is 0 Å². The Morgan fingerprint density at radius 3 is 2.25 bits per heavy atom. The van der Waals surface area contributed by atoms with Gasteiger partial charge in [0, 0.05) is 22.8 Å². The molecule has 2 aromatic rings. The van der Waals surface area contributed by atoms with Crippen LogP contribution in [-0.4, -0.2) is 17.0 Å². The van der Waals surface area contributed by atoms with Gasteiger partial charge in [-0.05, 0) is 42.0 Å². The molecule has 5 heteroatoms. The fourth-order valence-corrected chi connectivity index (χ4v) is 4.77. The molecule has 0 radical (unpaired) electrons. The Balaban J connectivity index is 1.58. The van der Waals surface area contributed by atoms with E-state index >= 15 is 0 Å². The first kappa shape index (κ1) is 20.9. The first-order chi connectivity index (χ1) is 13.5. The summed E-state index contributed by atoms with van der Waals surface area (Å²) >= 11 is 7.08. The lowest BCUT2D eigenvalue weighted by Crippen LogP contribution is -2.35. The van der Waals surface area contributed by atoms with Crippen LogP contribution in [-0.2, 0) is 10.5 Å². The standard InChI is InChI=1S/C23H25ClO3S/c24-20-12-6-16(7-13-20)15-28-22(23(26)27)14-21(25)19-10-8-18(9-11-19)17-4-2-1-3-5-17/h6-13,17,22H,1-5,14-15H2,(H,26,27)/p-1/t22-/m0/s1. The predicted octanol–water partition coefficient (Wildman–Crippen LogP) is 5.01. The third-order valence-electron chi connectivity index (χ3n) is 5.31. The lowest BCUT2D eigenvalue weighted by molar-refractivity contribution is -0.304. The summed E-state index contributed by atoms with van der Waals surface area (Å²) in [6.45, 7) is 0. The second-order valence-corrected chi connectivity index (χ2v) is 8.96. The maximum absolute atomic E-state index is 12.6. The van der Waals surface area contributed by atoms with Gasteiger partial charge < -0.3 is 9.90 Å². The summed E-state index contributed by atoms with van der Waals surface area (Å²) in [4.78, 5) is 24.1. The molecule has 0 saturated heterocycles. The van der Waals surface area contributed by atoms with Crippen LogP contribution < -0.4 is 5.11 Å². The van der Waals surface area contributed by atoms with Crippen LogP contribution in [0.5, 0.6) is 0 Å². The van der Waals surface area contributed by atoms with E-state index in [9.17, 15) is 14.7 Å². The van der Waals surface area contributed by atoms with Crippen LogP contribution in [0.1, 0.15) is 65.9 Å². The Labute approximate surface area is 175 Å². The van der Waals surface area contributed by atoms with Gasteiger partial charge in [-0.2, -0.15) is 0 Å². The minimum Gasteiger partial charge on any atom is -0.549 e. The topological polar surface area (TPSA) is 57.2 Å². The summed E-state index contributed by atoms with van der Waals surface area (Å²) in [6, 6.07) is 15.0. The van der Waals surface area contributed by atoms with Gasteiger partial charge in [0.25, 0.3) is 0 Å². The quantitative estimate of drug-likeness (QED) is 0.568. The lowest BCUT2D eigenvalue weighted by atomic mass is 9.84. The molecule has 0 spiro atoms. The summed E-state index contributed by atoms with van der Waals surface area (Å²) in [6.07, 6.45) is 6.20. The number of hydrogen-bond acceptors (Lipinski definition) is 4. The van der Waals surface area contributed by atoms with Gasteiger partial charge >= 0.3 is 0 Å². The molecule has 0 aromatic heterocycles. The van der Waals surface area contributed by atoms with Crippen LogP contribution in [0.15, 0.2) is 48.5 Å². The number of rotatable bonds is 8. The number of carbonyl (C=O) groups is 2. The van der Waals surface area contributed by atoms with Gasteiger partial charge in [-0.15, -0.1) is 11.8 Å². The third kappa shape index (κ3) is 5.86. The zero-order valence-corrected chi connectivity index (χ0v) is 17.3. The molecule has 28 heavy (non-hydrogen) atoms. The minimum atomic E-state index is -1.20. The number of aliphatic carboxylic acids is 1. The summed E-state index contributed by atoms with van der Waals surface area (Å²) < 4.78 is 0. The van der Waals surface area contributed by atoms with E-state index in [1.807, 2.05) is 36.4 Å². The van der Waals surface area contributed by atoms with Crippen molar-refractivity contribution >= 4 is 35.1 Å². The van der Waals surface area contributed by atoms with Gasteiger partial charge in [-0.3, -0.25) is 4.79 Å². The number of carbonyl (C=O) groups excluding carboxylic acids is 2. The van der Waals surface area contributed by atoms with E-state index in [0.717, 1.165) is 5.56 Å². The van der Waals surface area contributed by atoms with Gasteiger partial charge in [0.1, 0.15) is 0 Å². The fraction of sp³-hybridized carbons (Fsp3) is 0.391. The first-order valence-corrected chi connectivity index (χ1v) is 11.2. The van der Waals surface area contributed by atoms with Gasteiger partial charge in [-0.1, -0.05) is 67.3 Å². The van der Waals surface area contributed by atoms with Crippen LogP contribution in [0.4, 0.5) is 0 Å². The number of ketones is 1. The largest absolute Gasteiger partial charge is 0.549 e. The highest BCUT2D eigenvalue weighted by Gasteiger charge is 2.19. The number of Topliss-reactive ketones (excluding diaryl/α,β-unsaturated/α-hetero) is 1. The van der Waals surface area contributed by atoms with Crippen molar-refractivity contribution in [2.45, 2.75) is 55.4 Å². The molecular weight excluding hydrogens is 392 g/mol. The number of halogens is 1. The molecular formula is C23H24ClO3S-. The molecule has 1 fully saturated rings. The van der Waals surface area contributed by atoms with Gasteiger partial charge in [-0.25, -0.2) is 0 Å². The molecule has 2 aromatic carbocycles. The van der Waals surface area contributed by atoms with Crippen molar-refractivity contribution < 1.29 is 14.7 Å². The Morgan fingerprint density at radius 2 is 1.64 bits per heavy atom. The molecule has 1 aliphatic carbocycles. The molecule has 0 N–H and O–H groups in total. The highest BCUT2D eigenvalue weighted by molar-refractivity contribution is 7.99. The number of carboxylic acid groups (broad SMARTS) is 1. The third-order valence-corrected chi connectivity index (χ3v) is 6.82. The van der Waals surface area contributed by atoms with Crippen molar-refractivity contribution in [3.05, 3.63) is 70.2 Å². The molecule has 0 aliphatic heterocycles. The molecule has 0 unspecified atom stereocenters. The van der Waals surface area contributed by atoms with Crippen molar-refractivity contribution in [1.29, 1.82) is 0 Å². The summed E-state index contributed by atoms with van der Waals surface area (Å²) in [5.74, 6) is -0.285. The van der Waals surface area contributed by atoms with Crippen molar-refractivity contribution in [1.82, 2.24) is 0 Å². The molecule has 148 valence electrons. The van der Waals surface area contributed by atoms with Gasteiger partial charge in [0.05, 0.1) is 11.2 Å².